The van der Waals surface area contributed by atoms with Crippen molar-refractivity contribution in [3.63, 3.8) is 0 Å². The molecule has 38 heavy (non-hydrogen) atoms. The molecule has 4 aromatic rings. The number of benzene rings is 2. The Bertz CT molecular complexity index is 1500. The molecule has 0 aliphatic heterocycles. The summed E-state index contributed by atoms with van der Waals surface area (Å²) < 4.78 is 70.7. The highest BCUT2D eigenvalue weighted by Gasteiger charge is 2.39. The van der Waals surface area contributed by atoms with Crippen LogP contribution in [0.25, 0.3) is 17.1 Å². The highest BCUT2D eigenvalue weighted by Crippen LogP contribution is 2.30. The minimum Gasteiger partial charge on any atom is -0.382 e. The van der Waals surface area contributed by atoms with Gasteiger partial charge in [-0.25, -0.2) is 19.1 Å². The van der Waals surface area contributed by atoms with E-state index < -0.39 is 42.8 Å². The fraction of sp³-hybridized carbons (Fsp3) is 0.333. The maximum absolute atomic E-state index is 14.5. The number of halogens is 6. The summed E-state index contributed by atoms with van der Waals surface area (Å²) >= 11 is 5.89. The topological polar surface area (TPSA) is 90.8 Å². The largest absolute Gasteiger partial charge is 0.416 e. The van der Waals surface area contributed by atoms with Crippen molar-refractivity contribution < 1.29 is 27.1 Å². The summed E-state index contributed by atoms with van der Waals surface area (Å²) in [5, 5.41) is 18.3. The number of para-hydroxylation sites is 1. The van der Waals surface area contributed by atoms with Crippen LogP contribution in [0.2, 0.25) is 5.02 Å². The Balaban J connectivity index is 1.82. The molecule has 1 N–H and O–H groups in total. The van der Waals surface area contributed by atoms with Gasteiger partial charge in [0.05, 0.1) is 12.2 Å². The number of aliphatic hydroxyl groups is 1. The van der Waals surface area contributed by atoms with E-state index in [-0.39, 0.29) is 17.2 Å². The zero-order valence-electron chi connectivity index (χ0n) is 20.3. The highest BCUT2D eigenvalue weighted by atomic mass is 35.5. The van der Waals surface area contributed by atoms with E-state index in [9.17, 15) is 31.9 Å². The van der Waals surface area contributed by atoms with Crippen molar-refractivity contribution in [2.24, 2.45) is 0 Å². The summed E-state index contributed by atoms with van der Waals surface area (Å²) in [6.45, 7) is 2.44. The van der Waals surface area contributed by atoms with Gasteiger partial charge < -0.3 is 5.11 Å². The van der Waals surface area contributed by atoms with Gasteiger partial charge in [-0.05, 0) is 49.2 Å². The fourth-order valence-electron chi connectivity index (χ4n) is 3.93. The summed E-state index contributed by atoms with van der Waals surface area (Å²) in [4.78, 5) is 17.1. The molecule has 0 saturated carbocycles. The van der Waals surface area contributed by atoms with Crippen LogP contribution in [0.15, 0.2) is 47.3 Å². The molecule has 0 aliphatic rings. The second-order valence-electron chi connectivity index (χ2n) is 8.83. The van der Waals surface area contributed by atoms with E-state index >= 15 is 0 Å². The maximum Gasteiger partial charge on any atom is 0.416 e. The van der Waals surface area contributed by atoms with E-state index in [1.165, 1.54) is 24.3 Å². The van der Waals surface area contributed by atoms with Gasteiger partial charge in [0, 0.05) is 17.5 Å². The summed E-state index contributed by atoms with van der Waals surface area (Å²) in [6, 6.07) is 11.0. The lowest BCUT2D eigenvalue weighted by atomic mass is 10.1. The quantitative estimate of drug-likeness (QED) is 0.335. The molecule has 0 amide bonds. The molecule has 0 fully saturated rings. The predicted octanol–water partition coefficient (Wildman–Crippen LogP) is 4.65. The molecule has 8 nitrogen and oxygen atoms in total. The van der Waals surface area contributed by atoms with Crippen molar-refractivity contribution in [1.82, 2.24) is 29.1 Å². The Kier molecular flexibility index (Phi) is 7.19. The zero-order valence-corrected chi connectivity index (χ0v) is 21.1. The van der Waals surface area contributed by atoms with Crippen LogP contribution in [0.5, 0.6) is 0 Å². The van der Waals surface area contributed by atoms with Crippen molar-refractivity contribution in [1.29, 1.82) is 0 Å². The molecule has 0 saturated heterocycles. The molecule has 0 bridgehead atoms. The number of alkyl halides is 5. The van der Waals surface area contributed by atoms with E-state index in [4.69, 9.17) is 11.6 Å². The molecule has 0 radical (unpaired) electrons. The Labute approximate surface area is 217 Å². The van der Waals surface area contributed by atoms with Crippen molar-refractivity contribution in [3.8, 4) is 17.1 Å². The van der Waals surface area contributed by atoms with Gasteiger partial charge in [-0.3, -0.25) is 4.57 Å². The van der Waals surface area contributed by atoms with Crippen LogP contribution in [0.3, 0.4) is 0 Å². The molecule has 0 aliphatic carbocycles. The van der Waals surface area contributed by atoms with Crippen LogP contribution in [-0.4, -0.2) is 46.5 Å². The molecule has 2 heterocycles. The summed E-state index contributed by atoms with van der Waals surface area (Å²) in [5.41, 5.74) is 0.913. The standard InChI is InChI=1S/C24H22ClF5N6O2/c1-13-5-4-6-14(2)19(13)36-21(23(3,26)27)31-18(32-36)12-35-22(38)34(11-17(37)24(28,29)30)20(33-35)15-7-9-16(25)10-8-15/h4-10,17,37H,11-12H2,1-3H3/t17-/m0/s1. The average Bonchev–Trinajstić information content (AvgIpc) is 3.36. The third-order valence-corrected chi connectivity index (χ3v) is 6.00. The number of hydrogen-bond donors (Lipinski definition) is 1. The molecule has 2 aromatic carbocycles. The molecule has 14 heteroatoms. The lowest BCUT2D eigenvalue weighted by Crippen LogP contribution is -2.37. The van der Waals surface area contributed by atoms with Crippen molar-refractivity contribution in [2.45, 2.75) is 52.1 Å². The molecule has 1 atom stereocenters. The average molecular weight is 557 g/mol. The van der Waals surface area contributed by atoms with Crippen molar-refractivity contribution in [2.75, 3.05) is 0 Å². The first-order valence-corrected chi connectivity index (χ1v) is 11.6. The van der Waals surface area contributed by atoms with Gasteiger partial charge in [0.15, 0.2) is 17.8 Å². The van der Waals surface area contributed by atoms with Gasteiger partial charge >= 0.3 is 17.8 Å². The molecule has 4 rings (SSSR count). The SMILES string of the molecule is Cc1cccc(C)c1-n1nc(Cn2nc(-c3ccc(Cl)cc3)n(C[C@H](O)C(F)(F)F)c2=O)nc1C(C)(F)F. The molecule has 2 aromatic heterocycles. The minimum atomic E-state index is -4.99. The van der Waals surface area contributed by atoms with Crippen LogP contribution in [0.4, 0.5) is 22.0 Å². The summed E-state index contributed by atoms with van der Waals surface area (Å²) in [5.74, 6) is -4.49. The van der Waals surface area contributed by atoms with E-state index in [1.54, 1.807) is 32.0 Å². The van der Waals surface area contributed by atoms with Crippen molar-refractivity contribution >= 4 is 11.6 Å². The van der Waals surface area contributed by atoms with Gasteiger partial charge in [-0.2, -0.15) is 22.0 Å². The lowest BCUT2D eigenvalue weighted by molar-refractivity contribution is -0.207. The number of hydrogen-bond acceptors (Lipinski definition) is 5. The number of aromatic nitrogens is 6. The van der Waals surface area contributed by atoms with Gasteiger partial charge in [0.25, 0.3) is 0 Å². The summed E-state index contributed by atoms with van der Waals surface area (Å²) in [6.07, 6.45) is -7.85. The van der Waals surface area contributed by atoms with Gasteiger partial charge in [-0.15, -0.1) is 10.2 Å². The highest BCUT2D eigenvalue weighted by molar-refractivity contribution is 6.30. The number of nitrogens with zero attached hydrogens (tertiary/aromatic N) is 6. The van der Waals surface area contributed by atoms with Gasteiger partial charge in [0.1, 0.15) is 6.54 Å². The van der Waals surface area contributed by atoms with E-state index in [2.05, 4.69) is 15.2 Å². The lowest BCUT2D eigenvalue weighted by Gasteiger charge is -2.15. The number of aliphatic hydroxyl groups excluding tert-OH is 1. The molecular formula is C24H22ClF5N6O2. The summed E-state index contributed by atoms with van der Waals surface area (Å²) in [7, 11) is 0. The van der Waals surface area contributed by atoms with Gasteiger partial charge in [-0.1, -0.05) is 29.8 Å². The van der Waals surface area contributed by atoms with Crippen LogP contribution < -0.4 is 5.69 Å². The zero-order chi connectivity index (χ0) is 28.0. The Morgan fingerprint density at radius 1 is 1.00 bits per heavy atom. The van der Waals surface area contributed by atoms with Crippen LogP contribution in [-0.2, 0) is 19.0 Å². The third-order valence-electron chi connectivity index (χ3n) is 5.74. The Hall–Kier alpha value is -3.58. The van der Waals surface area contributed by atoms with Crippen LogP contribution >= 0.6 is 11.6 Å². The molecule has 202 valence electrons. The minimum absolute atomic E-state index is 0.190. The second-order valence-corrected chi connectivity index (χ2v) is 9.27. The molecule has 0 spiro atoms. The Morgan fingerprint density at radius 2 is 1.61 bits per heavy atom. The van der Waals surface area contributed by atoms with Gasteiger partial charge in [0.2, 0.25) is 5.82 Å². The van der Waals surface area contributed by atoms with Crippen molar-refractivity contribution in [3.05, 3.63) is 80.7 Å². The first-order valence-electron chi connectivity index (χ1n) is 11.3. The monoisotopic (exact) mass is 556 g/mol. The molecule has 0 unspecified atom stereocenters. The van der Waals surface area contributed by atoms with E-state index in [1.807, 2.05) is 0 Å². The number of rotatable bonds is 7. The smallest absolute Gasteiger partial charge is 0.382 e. The maximum atomic E-state index is 14.5. The predicted molar refractivity (Wildman–Crippen MR) is 128 cm³/mol. The third kappa shape index (κ3) is 5.48. The van der Waals surface area contributed by atoms with Crippen LogP contribution in [0, 0.1) is 13.8 Å². The normalized spacial score (nSPS) is 13.2. The second kappa shape index (κ2) is 9.95. The molecular weight excluding hydrogens is 535 g/mol. The van der Waals surface area contributed by atoms with Crippen LogP contribution in [0.1, 0.15) is 29.7 Å². The first-order chi connectivity index (χ1) is 17.7. The first kappa shape index (κ1) is 27.5. The fourth-order valence-corrected chi connectivity index (χ4v) is 4.06. The van der Waals surface area contributed by atoms with E-state index in [0.717, 1.165) is 9.36 Å². The van der Waals surface area contributed by atoms with E-state index in [0.29, 0.717) is 33.3 Å². The number of aryl methyl sites for hydroxylation is 2. The Morgan fingerprint density at radius 3 is 2.16 bits per heavy atom.